The smallest absolute Gasteiger partial charge is 0.168 e. The molecule has 1 heterocycles. The van der Waals surface area contributed by atoms with Gasteiger partial charge in [0.25, 0.3) is 0 Å². The fraction of sp³-hybridized carbons (Fsp3) is 0. The van der Waals surface area contributed by atoms with Crippen LogP contribution in [0.2, 0.25) is 0 Å². The van der Waals surface area contributed by atoms with Crippen LogP contribution in [-0.4, -0.2) is 11.4 Å². The number of nitrogens with zero attached hydrogens (tertiary/aromatic N) is 1. The predicted molar refractivity (Wildman–Crippen MR) is 47.1 cm³/mol. The second-order valence-corrected chi connectivity index (χ2v) is 3.21. The number of aldehydes is 1. The maximum absolute atomic E-state index is 10.5. The summed E-state index contributed by atoms with van der Waals surface area (Å²) in [6, 6.07) is 3.45. The molecule has 0 unspecified atom stereocenters. The highest BCUT2D eigenvalue weighted by Gasteiger charge is 2.03. The van der Waals surface area contributed by atoms with Crippen molar-refractivity contribution in [3.63, 3.8) is 0 Å². The zero-order chi connectivity index (χ0) is 8.55. The van der Waals surface area contributed by atoms with Gasteiger partial charge in [0.2, 0.25) is 0 Å². The molecule has 0 saturated carbocycles. The predicted octanol–water partition coefficient (Wildman–Crippen LogP) is 2.40. The van der Waals surface area contributed by atoms with Crippen LogP contribution in [0.4, 0.5) is 0 Å². The fourth-order valence-corrected chi connectivity index (χ4v) is 1.42. The molecule has 12 heavy (non-hydrogen) atoms. The summed E-state index contributed by atoms with van der Waals surface area (Å²) in [5, 5.41) is 4.44. The Morgan fingerprint density at radius 2 is 2.33 bits per heavy atom. The standard InChI is InChI=1S/C8H4BrNO2/c9-7-2-8-5(3-10-12-8)1-6(7)4-11/h1-4H. The van der Waals surface area contributed by atoms with Crippen LogP contribution in [0.5, 0.6) is 0 Å². The Morgan fingerprint density at radius 1 is 1.50 bits per heavy atom. The molecular weight excluding hydrogens is 222 g/mol. The number of carbonyl (C=O) groups excluding carboxylic acids is 1. The Morgan fingerprint density at radius 3 is 3.08 bits per heavy atom. The normalized spacial score (nSPS) is 10.4. The van der Waals surface area contributed by atoms with Gasteiger partial charge in [-0.15, -0.1) is 0 Å². The number of aromatic nitrogens is 1. The minimum absolute atomic E-state index is 0.603. The highest BCUT2D eigenvalue weighted by Crippen LogP contribution is 2.22. The van der Waals surface area contributed by atoms with E-state index in [0.717, 1.165) is 16.1 Å². The number of rotatable bonds is 1. The Bertz CT molecular complexity index is 436. The number of benzene rings is 1. The molecule has 4 heteroatoms. The third-order valence-corrected chi connectivity index (χ3v) is 2.29. The van der Waals surface area contributed by atoms with Crippen molar-refractivity contribution in [3.05, 3.63) is 28.4 Å². The van der Waals surface area contributed by atoms with E-state index in [1.807, 2.05) is 0 Å². The van der Waals surface area contributed by atoms with E-state index in [-0.39, 0.29) is 0 Å². The molecule has 0 radical (unpaired) electrons. The lowest BCUT2D eigenvalue weighted by Gasteiger charge is -1.93. The number of hydrogen-bond donors (Lipinski definition) is 0. The first-order valence-corrected chi connectivity index (χ1v) is 4.09. The van der Waals surface area contributed by atoms with E-state index in [2.05, 4.69) is 21.1 Å². The molecule has 0 spiro atoms. The third kappa shape index (κ3) is 1.04. The summed E-state index contributed by atoms with van der Waals surface area (Å²) in [4.78, 5) is 10.5. The van der Waals surface area contributed by atoms with Crippen molar-refractivity contribution in [1.82, 2.24) is 5.16 Å². The Labute approximate surface area is 76.5 Å². The maximum Gasteiger partial charge on any atom is 0.168 e. The summed E-state index contributed by atoms with van der Waals surface area (Å²) in [5.74, 6) is 0. The topological polar surface area (TPSA) is 43.1 Å². The largest absolute Gasteiger partial charge is 0.356 e. The van der Waals surface area contributed by atoms with E-state index in [1.54, 1.807) is 18.3 Å². The molecule has 0 aliphatic rings. The SMILES string of the molecule is O=Cc1cc2cnoc2cc1Br. The van der Waals surface area contributed by atoms with Crippen molar-refractivity contribution in [2.75, 3.05) is 0 Å². The van der Waals surface area contributed by atoms with Crippen LogP contribution in [0, 0.1) is 0 Å². The Balaban J connectivity index is 2.81. The number of fused-ring (bicyclic) bond motifs is 1. The second kappa shape index (κ2) is 2.71. The number of halogens is 1. The van der Waals surface area contributed by atoms with Gasteiger partial charge in [-0.2, -0.15) is 0 Å². The molecule has 1 aromatic heterocycles. The lowest BCUT2D eigenvalue weighted by Crippen LogP contribution is -1.80. The summed E-state index contributed by atoms with van der Waals surface area (Å²) in [7, 11) is 0. The second-order valence-electron chi connectivity index (χ2n) is 2.36. The van der Waals surface area contributed by atoms with E-state index in [9.17, 15) is 4.79 Å². The van der Waals surface area contributed by atoms with Gasteiger partial charge in [0.15, 0.2) is 11.9 Å². The van der Waals surface area contributed by atoms with Crippen LogP contribution in [0.1, 0.15) is 10.4 Å². The molecule has 1 aromatic carbocycles. The molecule has 0 amide bonds. The van der Waals surface area contributed by atoms with Gasteiger partial charge in [-0.3, -0.25) is 4.79 Å². The van der Waals surface area contributed by atoms with Crippen LogP contribution in [-0.2, 0) is 0 Å². The van der Waals surface area contributed by atoms with E-state index >= 15 is 0 Å². The lowest BCUT2D eigenvalue weighted by molar-refractivity contribution is 0.112. The summed E-state index contributed by atoms with van der Waals surface area (Å²) in [6.07, 6.45) is 2.37. The molecule has 0 saturated heterocycles. The Hall–Kier alpha value is -1.16. The molecule has 0 atom stereocenters. The fourth-order valence-electron chi connectivity index (χ4n) is 1.000. The van der Waals surface area contributed by atoms with Gasteiger partial charge in [0, 0.05) is 15.4 Å². The highest BCUT2D eigenvalue weighted by atomic mass is 79.9. The van der Waals surface area contributed by atoms with E-state index < -0.39 is 0 Å². The summed E-state index contributed by atoms with van der Waals surface area (Å²) >= 11 is 3.24. The average Bonchev–Trinajstić information content (AvgIpc) is 2.49. The van der Waals surface area contributed by atoms with E-state index in [0.29, 0.717) is 11.1 Å². The quantitative estimate of drug-likeness (QED) is 0.701. The van der Waals surface area contributed by atoms with E-state index in [1.165, 1.54) is 0 Å². The molecular formula is C8H4BrNO2. The van der Waals surface area contributed by atoms with Crippen LogP contribution in [0.15, 0.2) is 27.3 Å². The molecule has 3 nitrogen and oxygen atoms in total. The van der Waals surface area contributed by atoms with Crippen LogP contribution in [0.3, 0.4) is 0 Å². The third-order valence-electron chi connectivity index (χ3n) is 1.60. The minimum Gasteiger partial charge on any atom is -0.356 e. The van der Waals surface area contributed by atoms with Gasteiger partial charge in [-0.1, -0.05) is 5.16 Å². The number of carbonyl (C=O) groups is 1. The first-order chi connectivity index (χ1) is 5.81. The van der Waals surface area contributed by atoms with Crippen LogP contribution >= 0.6 is 15.9 Å². The molecule has 2 rings (SSSR count). The molecule has 0 bridgehead atoms. The van der Waals surface area contributed by atoms with Gasteiger partial charge < -0.3 is 4.52 Å². The van der Waals surface area contributed by atoms with Crippen molar-refractivity contribution < 1.29 is 9.32 Å². The van der Waals surface area contributed by atoms with Crippen molar-refractivity contribution >= 4 is 33.2 Å². The van der Waals surface area contributed by atoms with Gasteiger partial charge in [-0.05, 0) is 28.1 Å². The zero-order valence-corrected chi connectivity index (χ0v) is 7.54. The molecule has 0 fully saturated rings. The van der Waals surface area contributed by atoms with Crippen LogP contribution < -0.4 is 0 Å². The minimum atomic E-state index is 0.603. The molecule has 2 aromatic rings. The van der Waals surface area contributed by atoms with Crippen molar-refractivity contribution in [2.45, 2.75) is 0 Å². The first-order valence-electron chi connectivity index (χ1n) is 3.30. The van der Waals surface area contributed by atoms with E-state index in [4.69, 9.17) is 4.52 Å². The maximum atomic E-state index is 10.5. The average molecular weight is 226 g/mol. The zero-order valence-electron chi connectivity index (χ0n) is 5.95. The summed E-state index contributed by atoms with van der Waals surface area (Å²) < 4.78 is 5.63. The van der Waals surface area contributed by atoms with Crippen molar-refractivity contribution in [1.29, 1.82) is 0 Å². The number of hydrogen-bond acceptors (Lipinski definition) is 3. The van der Waals surface area contributed by atoms with Gasteiger partial charge in [-0.25, -0.2) is 0 Å². The van der Waals surface area contributed by atoms with Gasteiger partial charge in [0.1, 0.15) is 0 Å². The first kappa shape index (κ1) is 7.49. The molecule has 0 N–H and O–H groups in total. The van der Waals surface area contributed by atoms with Gasteiger partial charge in [0.05, 0.1) is 6.20 Å². The Kier molecular flexibility index (Phi) is 1.69. The van der Waals surface area contributed by atoms with Crippen molar-refractivity contribution in [3.8, 4) is 0 Å². The van der Waals surface area contributed by atoms with Gasteiger partial charge >= 0.3 is 0 Å². The molecule has 0 aliphatic heterocycles. The lowest BCUT2D eigenvalue weighted by atomic mass is 10.2. The van der Waals surface area contributed by atoms with Crippen molar-refractivity contribution in [2.24, 2.45) is 0 Å². The summed E-state index contributed by atoms with van der Waals surface area (Å²) in [5.41, 5.74) is 1.28. The molecule has 0 aliphatic carbocycles. The highest BCUT2D eigenvalue weighted by molar-refractivity contribution is 9.10. The molecule has 60 valence electrons. The monoisotopic (exact) mass is 225 g/mol. The summed E-state index contributed by atoms with van der Waals surface area (Å²) in [6.45, 7) is 0. The van der Waals surface area contributed by atoms with Crippen LogP contribution in [0.25, 0.3) is 11.0 Å².